The first-order valence-corrected chi connectivity index (χ1v) is 11.7. The molecule has 0 amide bonds. The predicted molar refractivity (Wildman–Crippen MR) is 117 cm³/mol. The molecule has 0 unspecified atom stereocenters. The van der Waals surface area contributed by atoms with Crippen LogP contribution in [-0.2, 0) is 9.47 Å². The molecule has 0 spiro atoms. The molecule has 0 saturated carbocycles. The second-order valence-corrected chi connectivity index (χ2v) is 10.4. The Kier molecular flexibility index (Phi) is 5.66. The zero-order valence-electron chi connectivity index (χ0n) is 17.2. The van der Waals surface area contributed by atoms with Gasteiger partial charge in [0.2, 0.25) is 0 Å². The monoisotopic (exact) mass is 466 g/mol. The zero-order chi connectivity index (χ0) is 21.6. The molecular weight excluding hydrogens is 443 g/mol. The lowest BCUT2D eigenvalue weighted by Gasteiger charge is -2.34. The summed E-state index contributed by atoms with van der Waals surface area (Å²) in [5, 5.41) is 18.8. The molecule has 31 heavy (non-hydrogen) atoms. The molecule has 3 aliphatic heterocycles. The second-order valence-electron chi connectivity index (χ2n) is 8.21. The Hall–Kier alpha value is -1.76. The van der Waals surface area contributed by atoms with Crippen molar-refractivity contribution >= 4 is 41.8 Å². The summed E-state index contributed by atoms with van der Waals surface area (Å²) in [6, 6.07) is 0. The highest BCUT2D eigenvalue weighted by Gasteiger charge is 2.35. The van der Waals surface area contributed by atoms with E-state index in [9.17, 15) is 10.0 Å². The van der Waals surface area contributed by atoms with Crippen LogP contribution in [-0.4, -0.2) is 56.8 Å². The standard InChI is InChI=1S/C20H23BO8S2/c1-20(2)9-28-19(29-10-20)18-17-15(25-5-6-27-17)12(31-18)7-11-14-16(26-4-3-24-14)13(30-11)8-21(22)23/h7-8,19,22-23H,3-6,9-10H2,1-2H3/b11-7+,13-8+. The molecule has 3 aliphatic rings. The van der Waals surface area contributed by atoms with Gasteiger partial charge in [0.1, 0.15) is 31.3 Å². The first-order valence-electron chi connectivity index (χ1n) is 10.0. The summed E-state index contributed by atoms with van der Waals surface area (Å²) in [6.07, 6.45) is 1.45. The fourth-order valence-electron chi connectivity index (χ4n) is 3.54. The lowest BCUT2D eigenvalue weighted by atomic mass is 9.92. The van der Waals surface area contributed by atoms with Gasteiger partial charge in [0.25, 0.3) is 0 Å². The largest absolute Gasteiger partial charge is 0.485 e. The van der Waals surface area contributed by atoms with Crippen molar-refractivity contribution in [2.75, 3.05) is 39.6 Å². The van der Waals surface area contributed by atoms with E-state index in [2.05, 4.69) is 13.8 Å². The van der Waals surface area contributed by atoms with Gasteiger partial charge < -0.3 is 38.5 Å². The second kappa shape index (κ2) is 8.30. The van der Waals surface area contributed by atoms with Crippen LogP contribution in [0.1, 0.15) is 29.9 Å². The summed E-state index contributed by atoms with van der Waals surface area (Å²) in [5.74, 6) is 3.77. The Labute approximate surface area is 187 Å². The van der Waals surface area contributed by atoms with E-state index in [0.29, 0.717) is 67.2 Å². The molecule has 8 nitrogen and oxygen atoms in total. The van der Waals surface area contributed by atoms with Gasteiger partial charge in [0.05, 0.1) is 27.2 Å². The summed E-state index contributed by atoms with van der Waals surface area (Å²) < 4.78 is 36.8. The van der Waals surface area contributed by atoms with Gasteiger partial charge in [-0.15, -0.1) is 22.7 Å². The summed E-state index contributed by atoms with van der Waals surface area (Å²) in [5.41, 5.74) is -0.0301. The highest BCUT2D eigenvalue weighted by atomic mass is 32.1. The zero-order valence-corrected chi connectivity index (χ0v) is 18.8. The molecule has 0 bridgehead atoms. The van der Waals surface area contributed by atoms with E-state index in [4.69, 9.17) is 28.4 Å². The van der Waals surface area contributed by atoms with Crippen LogP contribution in [0.2, 0.25) is 0 Å². The molecule has 0 atom stereocenters. The van der Waals surface area contributed by atoms with Crippen molar-refractivity contribution < 1.29 is 38.5 Å². The topological polar surface area (TPSA) is 95.8 Å². The third kappa shape index (κ3) is 4.18. The van der Waals surface area contributed by atoms with Crippen molar-refractivity contribution in [1.82, 2.24) is 0 Å². The normalized spacial score (nSPS) is 21.4. The van der Waals surface area contributed by atoms with Crippen LogP contribution < -0.4 is 28.0 Å². The number of rotatable bonds is 3. The van der Waals surface area contributed by atoms with Gasteiger partial charge in [-0.1, -0.05) is 13.8 Å². The van der Waals surface area contributed by atoms with E-state index in [1.807, 2.05) is 6.08 Å². The maximum atomic E-state index is 9.39. The van der Waals surface area contributed by atoms with Crippen molar-refractivity contribution in [3.63, 3.8) is 0 Å². The van der Waals surface area contributed by atoms with Gasteiger partial charge in [-0.05, 0) is 12.1 Å². The van der Waals surface area contributed by atoms with Crippen molar-refractivity contribution in [3.05, 3.63) is 18.8 Å². The Balaban J connectivity index is 1.58. The van der Waals surface area contributed by atoms with Crippen LogP contribution in [0.25, 0.3) is 12.1 Å². The highest BCUT2D eigenvalue weighted by molar-refractivity contribution is 7.14. The van der Waals surface area contributed by atoms with Gasteiger partial charge in [0, 0.05) is 5.41 Å². The van der Waals surface area contributed by atoms with E-state index in [1.165, 1.54) is 28.6 Å². The average molecular weight is 466 g/mol. The Morgan fingerprint density at radius 1 is 0.839 bits per heavy atom. The minimum absolute atomic E-state index is 0.0301. The smallest absolute Gasteiger partial charge is 0.482 e. The lowest BCUT2D eigenvalue weighted by molar-refractivity contribution is -0.225. The maximum absolute atomic E-state index is 9.39. The number of hydrogen-bond acceptors (Lipinski definition) is 10. The summed E-state index contributed by atoms with van der Waals surface area (Å²) in [7, 11) is -1.58. The van der Waals surface area contributed by atoms with E-state index >= 15 is 0 Å². The molecule has 2 aromatic rings. The molecule has 0 aliphatic carbocycles. The number of thiophene rings is 2. The molecule has 5 rings (SSSR count). The van der Waals surface area contributed by atoms with Crippen molar-refractivity contribution in [2.45, 2.75) is 20.1 Å². The first-order chi connectivity index (χ1) is 14.9. The third-order valence-electron chi connectivity index (χ3n) is 4.93. The van der Waals surface area contributed by atoms with Crippen LogP contribution in [0.3, 0.4) is 0 Å². The molecule has 0 aromatic carbocycles. The van der Waals surface area contributed by atoms with Crippen LogP contribution in [0.5, 0.6) is 23.0 Å². The van der Waals surface area contributed by atoms with Crippen LogP contribution in [0, 0.1) is 5.41 Å². The quantitative estimate of drug-likeness (QED) is 0.649. The third-order valence-corrected chi connectivity index (χ3v) is 7.11. The minimum Gasteiger partial charge on any atom is -0.485 e. The van der Waals surface area contributed by atoms with E-state index in [0.717, 1.165) is 14.3 Å². The molecule has 5 heterocycles. The average Bonchev–Trinajstić information content (AvgIpc) is 3.27. The number of fused-ring (bicyclic) bond motifs is 2. The SMILES string of the molecule is CC1(C)COC(c2sc(/C=c3/s/c(=C/B(O)O)c4c3OCCO4)c3c2OCCO3)OC1. The van der Waals surface area contributed by atoms with Crippen molar-refractivity contribution in [1.29, 1.82) is 0 Å². The van der Waals surface area contributed by atoms with Crippen LogP contribution in [0.15, 0.2) is 0 Å². The Bertz CT molecular complexity index is 1080. The highest BCUT2D eigenvalue weighted by Crippen LogP contribution is 2.49. The van der Waals surface area contributed by atoms with E-state index in [-0.39, 0.29) is 5.41 Å². The summed E-state index contributed by atoms with van der Waals surface area (Å²) in [4.78, 5) is 1.70. The first kappa shape index (κ1) is 21.1. The van der Waals surface area contributed by atoms with E-state index < -0.39 is 13.4 Å². The lowest BCUT2D eigenvalue weighted by Crippen LogP contribution is -2.33. The fourth-order valence-corrected chi connectivity index (χ4v) is 5.85. The Morgan fingerprint density at radius 3 is 2.06 bits per heavy atom. The van der Waals surface area contributed by atoms with Gasteiger partial charge in [-0.2, -0.15) is 0 Å². The number of ether oxygens (including phenoxy) is 6. The van der Waals surface area contributed by atoms with Gasteiger partial charge >= 0.3 is 7.12 Å². The maximum Gasteiger partial charge on any atom is 0.482 e. The van der Waals surface area contributed by atoms with Gasteiger partial charge in [-0.3, -0.25) is 0 Å². The summed E-state index contributed by atoms with van der Waals surface area (Å²) in [6.45, 7) is 7.16. The Morgan fingerprint density at radius 2 is 1.42 bits per heavy atom. The van der Waals surface area contributed by atoms with Crippen molar-refractivity contribution in [2.24, 2.45) is 5.41 Å². The minimum atomic E-state index is -1.58. The molecular formula is C20H23BO8S2. The molecule has 2 aromatic heterocycles. The molecule has 11 heteroatoms. The molecule has 1 saturated heterocycles. The molecule has 0 radical (unpaired) electrons. The van der Waals surface area contributed by atoms with Gasteiger partial charge in [-0.25, -0.2) is 0 Å². The van der Waals surface area contributed by atoms with Crippen LogP contribution in [0.4, 0.5) is 0 Å². The molecule has 2 N–H and O–H groups in total. The van der Waals surface area contributed by atoms with Gasteiger partial charge in [0.15, 0.2) is 29.3 Å². The molecule has 166 valence electrons. The fraction of sp³-hybridized carbons (Fsp3) is 0.500. The number of hydrogen-bond donors (Lipinski definition) is 2. The molecule has 1 fully saturated rings. The predicted octanol–water partition coefficient (Wildman–Crippen LogP) is 1.04. The van der Waals surface area contributed by atoms with Crippen molar-refractivity contribution in [3.8, 4) is 23.0 Å². The van der Waals surface area contributed by atoms with E-state index in [1.54, 1.807) is 0 Å². The van der Waals surface area contributed by atoms with Crippen LogP contribution >= 0.6 is 22.7 Å². The summed E-state index contributed by atoms with van der Waals surface area (Å²) >= 11 is 2.86.